The van der Waals surface area contributed by atoms with Crippen LogP contribution in [0, 0.1) is 11.8 Å². The number of hydrogen-bond donors (Lipinski definition) is 0. The van der Waals surface area contributed by atoms with Crippen LogP contribution in [0.5, 0.6) is 0 Å². The first-order chi connectivity index (χ1) is 10.2. The lowest BCUT2D eigenvalue weighted by atomic mass is 9.65. The summed E-state index contributed by atoms with van der Waals surface area (Å²) >= 11 is 0. The van der Waals surface area contributed by atoms with Gasteiger partial charge in [0, 0.05) is 25.0 Å². The molecule has 1 spiro atoms. The zero-order valence-corrected chi connectivity index (χ0v) is 12.4. The molecule has 3 saturated heterocycles. The molecule has 4 heteroatoms. The average Bonchev–Trinajstić information content (AvgIpc) is 2.51. The molecule has 114 valence electrons. The van der Waals surface area contributed by atoms with Crippen molar-refractivity contribution in [1.82, 2.24) is 0 Å². The lowest BCUT2D eigenvalue weighted by Gasteiger charge is -2.56. The van der Waals surface area contributed by atoms with Gasteiger partial charge in [0.25, 0.3) is 0 Å². The van der Waals surface area contributed by atoms with Crippen LogP contribution in [0.2, 0.25) is 0 Å². The maximum Gasteiger partial charge on any atom is 0.178 e. The van der Waals surface area contributed by atoms with Gasteiger partial charge in [-0.25, -0.2) is 0 Å². The van der Waals surface area contributed by atoms with Gasteiger partial charge in [-0.15, -0.1) is 0 Å². The Labute approximate surface area is 125 Å². The molecule has 3 fully saturated rings. The van der Waals surface area contributed by atoms with Crippen LogP contribution in [0.4, 0.5) is 0 Å². The normalized spacial score (nSPS) is 46.0. The van der Waals surface area contributed by atoms with E-state index in [0.717, 1.165) is 38.0 Å². The van der Waals surface area contributed by atoms with Crippen molar-refractivity contribution in [3.8, 4) is 0 Å². The fourth-order valence-electron chi connectivity index (χ4n) is 4.51. The number of ketones is 1. The van der Waals surface area contributed by atoms with E-state index < -0.39 is 5.60 Å². The van der Waals surface area contributed by atoms with E-state index in [0.29, 0.717) is 18.4 Å². The second-order valence-corrected chi connectivity index (χ2v) is 6.62. The van der Waals surface area contributed by atoms with Gasteiger partial charge in [0.15, 0.2) is 5.78 Å². The largest absolute Gasteiger partial charge is 0.379 e. The Balaban J connectivity index is 1.75. The summed E-state index contributed by atoms with van der Waals surface area (Å²) in [6.45, 7) is 4.28. The van der Waals surface area contributed by atoms with Crippen molar-refractivity contribution in [2.24, 2.45) is 11.8 Å². The van der Waals surface area contributed by atoms with Crippen LogP contribution in [-0.2, 0) is 19.0 Å². The smallest absolute Gasteiger partial charge is 0.178 e. The predicted octanol–water partition coefficient (Wildman–Crippen LogP) is 2.04. The number of hydrogen-bond acceptors (Lipinski definition) is 4. The average molecular weight is 290 g/mol. The summed E-state index contributed by atoms with van der Waals surface area (Å²) in [5.74, 6) is 0.789. The summed E-state index contributed by atoms with van der Waals surface area (Å²) < 4.78 is 18.3. The molecule has 3 aliphatic heterocycles. The highest BCUT2D eigenvalue weighted by atomic mass is 16.6. The summed E-state index contributed by atoms with van der Waals surface area (Å²) in [5.41, 5.74) is 0.542. The standard InChI is InChI=1S/C17H22O4/c1-11-9-12(18)4-6-17(11)14-3-2-7-20-16(14)13-5-8-19-10-15(13)21-17/h4,6,9,13-16H,2-3,5,7-8,10H2,1H3/t13-,14-,15-,16+,17?/m0/s1. The highest BCUT2D eigenvalue weighted by Crippen LogP contribution is 2.50. The molecular weight excluding hydrogens is 268 g/mol. The molecule has 0 radical (unpaired) electrons. The highest BCUT2D eigenvalue weighted by Gasteiger charge is 2.56. The third-order valence-electron chi connectivity index (χ3n) is 5.51. The van der Waals surface area contributed by atoms with Crippen LogP contribution in [0.1, 0.15) is 26.2 Å². The molecule has 4 rings (SSSR count). The lowest BCUT2D eigenvalue weighted by molar-refractivity contribution is -0.250. The number of rotatable bonds is 0. The first-order valence-electron chi connectivity index (χ1n) is 8.00. The summed E-state index contributed by atoms with van der Waals surface area (Å²) in [6.07, 6.45) is 8.81. The van der Waals surface area contributed by atoms with Crippen LogP contribution < -0.4 is 0 Å². The molecule has 0 aromatic carbocycles. The molecular formula is C17H22O4. The van der Waals surface area contributed by atoms with Gasteiger partial charge in [0.05, 0.1) is 18.8 Å². The monoisotopic (exact) mass is 290 g/mol. The summed E-state index contributed by atoms with van der Waals surface area (Å²) in [7, 11) is 0. The molecule has 1 unspecified atom stereocenters. The zero-order chi connectivity index (χ0) is 14.4. The number of fused-ring (bicyclic) bond motifs is 4. The molecule has 4 aliphatic rings. The van der Waals surface area contributed by atoms with Gasteiger partial charge in [0.2, 0.25) is 0 Å². The number of carbonyl (C=O) groups excluding carboxylic acids is 1. The van der Waals surface area contributed by atoms with Crippen LogP contribution >= 0.6 is 0 Å². The minimum atomic E-state index is -0.471. The summed E-state index contributed by atoms with van der Waals surface area (Å²) in [4.78, 5) is 11.7. The maximum absolute atomic E-state index is 11.7. The predicted molar refractivity (Wildman–Crippen MR) is 76.9 cm³/mol. The number of ether oxygens (including phenoxy) is 3. The first-order valence-corrected chi connectivity index (χ1v) is 8.00. The molecule has 0 aromatic rings. The molecule has 0 N–H and O–H groups in total. The van der Waals surface area contributed by atoms with E-state index in [2.05, 4.69) is 0 Å². The summed E-state index contributed by atoms with van der Waals surface area (Å²) in [5, 5.41) is 0. The van der Waals surface area contributed by atoms with Gasteiger partial charge in [-0.3, -0.25) is 4.79 Å². The quantitative estimate of drug-likeness (QED) is 0.685. The SMILES string of the molecule is CC1=CC(=O)C=CC12O[C@H]1COCC[C@@H]1[C@H]1OCCC[C@@H]12. The van der Waals surface area contributed by atoms with Crippen molar-refractivity contribution in [2.45, 2.75) is 44.0 Å². The summed E-state index contributed by atoms with van der Waals surface area (Å²) in [6, 6.07) is 0. The van der Waals surface area contributed by atoms with Crippen molar-refractivity contribution < 1.29 is 19.0 Å². The van der Waals surface area contributed by atoms with Gasteiger partial charge < -0.3 is 14.2 Å². The maximum atomic E-state index is 11.7. The topological polar surface area (TPSA) is 44.8 Å². The third kappa shape index (κ3) is 2.04. The van der Waals surface area contributed by atoms with Gasteiger partial charge in [0.1, 0.15) is 5.60 Å². The Hall–Kier alpha value is -0.970. The second kappa shape index (κ2) is 5.04. The van der Waals surface area contributed by atoms with E-state index in [1.807, 2.05) is 13.0 Å². The van der Waals surface area contributed by atoms with E-state index in [1.165, 1.54) is 0 Å². The zero-order valence-electron chi connectivity index (χ0n) is 12.4. The Morgan fingerprint density at radius 2 is 2.19 bits per heavy atom. The molecule has 21 heavy (non-hydrogen) atoms. The molecule has 4 nitrogen and oxygen atoms in total. The molecule has 0 aromatic heterocycles. The minimum Gasteiger partial charge on any atom is -0.379 e. The van der Waals surface area contributed by atoms with Crippen LogP contribution in [0.3, 0.4) is 0 Å². The molecule has 3 heterocycles. The van der Waals surface area contributed by atoms with Gasteiger partial charge >= 0.3 is 0 Å². The molecule has 0 amide bonds. The van der Waals surface area contributed by atoms with Crippen molar-refractivity contribution in [3.63, 3.8) is 0 Å². The Morgan fingerprint density at radius 1 is 1.29 bits per heavy atom. The van der Waals surface area contributed by atoms with Crippen molar-refractivity contribution in [2.75, 3.05) is 19.8 Å². The van der Waals surface area contributed by atoms with E-state index >= 15 is 0 Å². The fraction of sp³-hybridized carbons (Fsp3) is 0.706. The number of carbonyl (C=O) groups is 1. The Morgan fingerprint density at radius 3 is 3.05 bits per heavy atom. The Kier molecular flexibility index (Phi) is 3.28. The first kappa shape index (κ1) is 13.7. The van der Waals surface area contributed by atoms with Gasteiger partial charge in [-0.2, -0.15) is 0 Å². The van der Waals surface area contributed by atoms with E-state index in [4.69, 9.17) is 14.2 Å². The van der Waals surface area contributed by atoms with Gasteiger partial charge in [-0.05, 0) is 50.0 Å². The molecule has 0 bridgehead atoms. The fourth-order valence-corrected chi connectivity index (χ4v) is 4.51. The molecule has 0 saturated carbocycles. The van der Waals surface area contributed by atoms with Gasteiger partial charge in [-0.1, -0.05) is 0 Å². The van der Waals surface area contributed by atoms with E-state index in [9.17, 15) is 4.79 Å². The molecule has 1 aliphatic carbocycles. The molecule has 5 atom stereocenters. The van der Waals surface area contributed by atoms with E-state index in [1.54, 1.807) is 12.2 Å². The van der Waals surface area contributed by atoms with Crippen LogP contribution in [0.15, 0.2) is 23.8 Å². The Bertz CT molecular complexity index is 509. The van der Waals surface area contributed by atoms with E-state index in [-0.39, 0.29) is 18.0 Å². The third-order valence-corrected chi connectivity index (χ3v) is 5.51. The highest BCUT2D eigenvalue weighted by molar-refractivity contribution is 6.01. The second-order valence-electron chi connectivity index (χ2n) is 6.62. The number of allylic oxidation sites excluding steroid dienone is 2. The van der Waals surface area contributed by atoms with Crippen LogP contribution in [-0.4, -0.2) is 43.4 Å². The van der Waals surface area contributed by atoms with Crippen molar-refractivity contribution in [1.29, 1.82) is 0 Å². The minimum absolute atomic E-state index is 0.0528. The lowest BCUT2D eigenvalue weighted by Crippen LogP contribution is -2.62. The van der Waals surface area contributed by atoms with Crippen LogP contribution in [0.25, 0.3) is 0 Å². The van der Waals surface area contributed by atoms with Crippen molar-refractivity contribution >= 4 is 5.78 Å². The van der Waals surface area contributed by atoms with Crippen molar-refractivity contribution in [3.05, 3.63) is 23.8 Å².